The highest BCUT2D eigenvalue weighted by Gasteiger charge is 2.22. The summed E-state index contributed by atoms with van der Waals surface area (Å²) in [5.41, 5.74) is 6.92. The maximum atomic E-state index is 11.3. The molecule has 0 saturated carbocycles. The summed E-state index contributed by atoms with van der Waals surface area (Å²) in [6.45, 7) is 4.02. The summed E-state index contributed by atoms with van der Waals surface area (Å²) >= 11 is 0. The molecule has 0 bridgehead atoms. The second kappa shape index (κ2) is 5.17. The molecule has 6 heteroatoms. The number of nitrogen functional groups attached to an aromatic ring is 1. The van der Waals surface area contributed by atoms with Crippen LogP contribution < -0.4 is 10.6 Å². The lowest BCUT2D eigenvalue weighted by Crippen LogP contribution is -2.48. The number of benzene rings is 1. The fourth-order valence-corrected chi connectivity index (χ4v) is 2.26. The van der Waals surface area contributed by atoms with Crippen LogP contribution in [0.3, 0.4) is 0 Å². The van der Waals surface area contributed by atoms with E-state index in [0.717, 1.165) is 0 Å². The van der Waals surface area contributed by atoms with Gasteiger partial charge in [-0.25, -0.2) is 4.79 Å². The number of rotatable bonds is 2. The van der Waals surface area contributed by atoms with Crippen LogP contribution in [0.1, 0.15) is 17.3 Å². The van der Waals surface area contributed by atoms with Crippen LogP contribution in [-0.4, -0.2) is 48.1 Å². The van der Waals surface area contributed by atoms with Crippen molar-refractivity contribution in [2.75, 3.05) is 36.8 Å². The van der Waals surface area contributed by atoms with Crippen molar-refractivity contribution in [3.8, 4) is 0 Å². The Morgan fingerprint density at radius 1 is 1.21 bits per heavy atom. The molecule has 0 unspecified atom stereocenters. The van der Waals surface area contributed by atoms with E-state index in [1.807, 2.05) is 4.90 Å². The van der Waals surface area contributed by atoms with Crippen molar-refractivity contribution >= 4 is 23.3 Å². The quantitative estimate of drug-likeness (QED) is 0.764. The summed E-state index contributed by atoms with van der Waals surface area (Å²) < 4.78 is 0. The SMILES string of the molecule is CC(=O)N1CCN(c2ccc(N)cc2C(=O)O)CC1. The van der Waals surface area contributed by atoms with Crippen LogP contribution in [0.5, 0.6) is 0 Å². The van der Waals surface area contributed by atoms with E-state index in [9.17, 15) is 14.7 Å². The molecule has 0 radical (unpaired) electrons. The number of hydrogen-bond donors (Lipinski definition) is 2. The molecule has 1 aliphatic rings. The van der Waals surface area contributed by atoms with Crippen molar-refractivity contribution in [2.24, 2.45) is 0 Å². The summed E-state index contributed by atoms with van der Waals surface area (Å²) in [4.78, 5) is 26.2. The van der Waals surface area contributed by atoms with Gasteiger partial charge in [0.2, 0.25) is 5.91 Å². The minimum absolute atomic E-state index is 0.0513. The van der Waals surface area contributed by atoms with Gasteiger partial charge >= 0.3 is 5.97 Å². The fourth-order valence-electron chi connectivity index (χ4n) is 2.26. The monoisotopic (exact) mass is 263 g/mol. The molecule has 2 rings (SSSR count). The maximum absolute atomic E-state index is 11.3. The summed E-state index contributed by atoms with van der Waals surface area (Å²) in [7, 11) is 0. The molecule has 1 aromatic carbocycles. The number of amides is 1. The molecule has 0 aromatic heterocycles. The average Bonchev–Trinajstić information content (AvgIpc) is 2.38. The van der Waals surface area contributed by atoms with Gasteiger partial charge in [-0.2, -0.15) is 0 Å². The van der Waals surface area contributed by atoms with Crippen LogP contribution >= 0.6 is 0 Å². The first-order valence-electron chi connectivity index (χ1n) is 6.12. The zero-order valence-electron chi connectivity index (χ0n) is 10.8. The third kappa shape index (κ3) is 2.78. The number of carbonyl (C=O) groups is 2. The molecular weight excluding hydrogens is 246 g/mol. The third-order valence-corrected chi connectivity index (χ3v) is 3.32. The molecule has 0 aliphatic carbocycles. The van der Waals surface area contributed by atoms with E-state index >= 15 is 0 Å². The number of nitrogens with two attached hydrogens (primary N) is 1. The third-order valence-electron chi connectivity index (χ3n) is 3.32. The van der Waals surface area contributed by atoms with Crippen LogP contribution in [-0.2, 0) is 4.79 Å². The molecule has 102 valence electrons. The molecule has 1 saturated heterocycles. The predicted octanol–water partition coefficient (Wildman–Crippen LogP) is 0.635. The molecule has 1 fully saturated rings. The van der Waals surface area contributed by atoms with Gasteiger partial charge in [-0.3, -0.25) is 4.79 Å². The molecule has 0 spiro atoms. The number of aromatic carboxylic acids is 1. The van der Waals surface area contributed by atoms with Gasteiger partial charge < -0.3 is 20.6 Å². The average molecular weight is 263 g/mol. The fraction of sp³-hybridized carbons (Fsp3) is 0.385. The molecule has 1 aromatic rings. The van der Waals surface area contributed by atoms with Gasteiger partial charge in [0.15, 0.2) is 0 Å². The van der Waals surface area contributed by atoms with E-state index in [0.29, 0.717) is 37.6 Å². The number of anilines is 2. The van der Waals surface area contributed by atoms with Crippen LogP contribution in [0.25, 0.3) is 0 Å². The number of hydrogen-bond acceptors (Lipinski definition) is 4. The van der Waals surface area contributed by atoms with Gasteiger partial charge in [-0.15, -0.1) is 0 Å². The zero-order valence-corrected chi connectivity index (χ0v) is 10.8. The largest absolute Gasteiger partial charge is 0.478 e. The summed E-state index contributed by atoms with van der Waals surface area (Å²) in [6.07, 6.45) is 0. The number of piperazine rings is 1. The Bertz CT molecular complexity index is 508. The highest BCUT2D eigenvalue weighted by molar-refractivity contribution is 5.95. The molecule has 1 heterocycles. The van der Waals surface area contributed by atoms with Crippen LogP contribution in [0.4, 0.5) is 11.4 Å². The van der Waals surface area contributed by atoms with E-state index in [1.165, 1.54) is 6.07 Å². The highest BCUT2D eigenvalue weighted by Crippen LogP contribution is 2.24. The minimum Gasteiger partial charge on any atom is -0.478 e. The molecule has 1 amide bonds. The zero-order chi connectivity index (χ0) is 14.0. The minimum atomic E-state index is -0.990. The van der Waals surface area contributed by atoms with Crippen molar-refractivity contribution in [1.82, 2.24) is 4.90 Å². The van der Waals surface area contributed by atoms with Gasteiger partial charge in [-0.05, 0) is 18.2 Å². The Balaban J connectivity index is 2.20. The van der Waals surface area contributed by atoms with E-state index < -0.39 is 5.97 Å². The molecule has 0 atom stereocenters. The van der Waals surface area contributed by atoms with Crippen LogP contribution in [0.15, 0.2) is 18.2 Å². The normalized spacial score (nSPS) is 15.4. The number of carboxylic acid groups (broad SMARTS) is 1. The number of carboxylic acids is 1. The van der Waals surface area contributed by atoms with Crippen molar-refractivity contribution in [3.05, 3.63) is 23.8 Å². The summed E-state index contributed by atoms with van der Waals surface area (Å²) in [6, 6.07) is 4.89. The topological polar surface area (TPSA) is 86.9 Å². The second-order valence-corrected chi connectivity index (χ2v) is 4.57. The molecule has 1 aliphatic heterocycles. The van der Waals surface area contributed by atoms with Gasteiger partial charge in [0.25, 0.3) is 0 Å². The van der Waals surface area contributed by atoms with Crippen molar-refractivity contribution < 1.29 is 14.7 Å². The number of carbonyl (C=O) groups excluding carboxylic acids is 1. The first kappa shape index (κ1) is 13.2. The van der Waals surface area contributed by atoms with Gasteiger partial charge in [0, 0.05) is 38.8 Å². The number of nitrogens with zero attached hydrogens (tertiary/aromatic N) is 2. The molecular formula is C13H17N3O3. The lowest BCUT2D eigenvalue weighted by Gasteiger charge is -2.36. The van der Waals surface area contributed by atoms with Crippen LogP contribution in [0.2, 0.25) is 0 Å². The smallest absolute Gasteiger partial charge is 0.337 e. The molecule has 3 N–H and O–H groups in total. The van der Waals surface area contributed by atoms with Crippen molar-refractivity contribution in [1.29, 1.82) is 0 Å². The highest BCUT2D eigenvalue weighted by atomic mass is 16.4. The first-order chi connectivity index (χ1) is 8.99. The van der Waals surface area contributed by atoms with E-state index in [-0.39, 0.29) is 11.5 Å². The maximum Gasteiger partial charge on any atom is 0.337 e. The first-order valence-corrected chi connectivity index (χ1v) is 6.12. The molecule has 19 heavy (non-hydrogen) atoms. The lowest BCUT2D eigenvalue weighted by molar-refractivity contribution is -0.129. The Labute approximate surface area is 111 Å². The Morgan fingerprint density at radius 2 is 1.84 bits per heavy atom. The standard InChI is InChI=1S/C13H17N3O3/c1-9(17)15-4-6-16(7-5-15)12-3-2-10(14)8-11(12)13(18)19/h2-3,8H,4-7,14H2,1H3,(H,18,19). The van der Waals surface area contributed by atoms with E-state index in [4.69, 9.17) is 5.73 Å². The van der Waals surface area contributed by atoms with Gasteiger partial charge in [-0.1, -0.05) is 0 Å². The van der Waals surface area contributed by atoms with Crippen LogP contribution in [0, 0.1) is 0 Å². The Kier molecular flexibility index (Phi) is 3.59. The van der Waals surface area contributed by atoms with Crippen molar-refractivity contribution in [3.63, 3.8) is 0 Å². The van der Waals surface area contributed by atoms with E-state index in [2.05, 4.69) is 0 Å². The Hall–Kier alpha value is -2.24. The summed E-state index contributed by atoms with van der Waals surface area (Å²) in [5, 5.41) is 9.21. The van der Waals surface area contributed by atoms with E-state index in [1.54, 1.807) is 24.0 Å². The van der Waals surface area contributed by atoms with Crippen molar-refractivity contribution in [2.45, 2.75) is 6.92 Å². The Morgan fingerprint density at radius 3 is 2.37 bits per heavy atom. The van der Waals surface area contributed by atoms with Gasteiger partial charge in [0.05, 0.1) is 11.3 Å². The predicted molar refractivity (Wildman–Crippen MR) is 72.3 cm³/mol. The second-order valence-electron chi connectivity index (χ2n) is 4.57. The summed E-state index contributed by atoms with van der Waals surface area (Å²) in [5.74, 6) is -0.938. The lowest BCUT2D eigenvalue weighted by atomic mass is 10.1. The molecule has 6 nitrogen and oxygen atoms in total. The van der Waals surface area contributed by atoms with Gasteiger partial charge in [0.1, 0.15) is 0 Å².